The molecule has 0 aromatic rings. The number of ether oxygens (including phenoxy) is 3. The molecule has 8 nitrogen and oxygen atoms in total. The third-order valence-electron chi connectivity index (χ3n) is 4.72. The van der Waals surface area contributed by atoms with E-state index in [1.165, 1.54) is 0 Å². The summed E-state index contributed by atoms with van der Waals surface area (Å²) in [5.74, 6) is 1.38. The van der Waals surface area contributed by atoms with Crippen LogP contribution in [0.1, 0.15) is 32.6 Å². The van der Waals surface area contributed by atoms with Crippen LogP contribution in [0.4, 0.5) is 4.79 Å². The smallest absolute Gasteiger partial charge is 0.409 e. The zero-order valence-electron chi connectivity index (χ0n) is 16.2. The van der Waals surface area contributed by atoms with E-state index in [1.807, 2.05) is 6.92 Å². The summed E-state index contributed by atoms with van der Waals surface area (Å²) < 4.78 is 16.1. The summed E-state index contributed by atoms with van der Waals surface area (Å²) in [6, 6.07) is 0.325. The van der Waals surface area contributed by atoms with Gasteiger partial charge in [0.25, 0.3) is 0 Å². The van der Waals surface area contributed by atoms with Crippen molar-refractivity contribution in [3.63, 3.8) is 0 Å². The Labute approximate surface area is 156 Å². The predicted octanol–water partition coefficient (Wildman–Crippen LogP) is 1.22. The molecular weight excluding hydrogens is 336 g/mol. The number of carbonyl (C=O) groups is 1. The first-order valence-electron chi connectivity index (χ1n) is 9.77. The van der Waals surface area contributed by atoms with Crippen LogP contribution in [0.2, 0.25) is 0 Å². The molecule has 0 aliphatic carbocycles. The molecule has 1 unspecified atom stereocenters. The second kappa shape index (κ2) is 12.0. The van der Waals surface area contributed by atoms with Gasteiger partial charge in [0.15, 0.2) is 5.96 Å². The number of nitrogens with one attached hydrogen (secondary N) is 2. The third-order valence-corrected chi connectivity index (χ3v) is 4.72. The Hall–Kier alpha value is -1.54. The highest BCUT2D eigenvalue weighted by Gasteiger charge is 2.24. The molecule has 1 amide bonds. The molecule has 150 valence electrons. The molecule has 2 aliphatic heterocycles. The van der Waals surface area contributed by atoms with Crippen molar-refractivity contribution in [2.75, 3.05) is 59.7 Å². The van der Waals surface area contributed by atoms with Crippen molar-refractivity contribution in [1.29, 1.82) is 0 Å². The first kappa shape index (κ1) is 20.8. The van der Waals surface area contributed by atoms with Gasteiger partial charge in [-0.1, -0.05) is 0 Å². The second-order valence-electron chi connectivity index (χ2n) is 6.76. The fraction of sp³-hybridized carbons (Fsp3) is 0.889. The van der Waals surface area contributed by atoms with Crippen LogP contribution >= 0.6 is 0 Å². The van der Waals surface area contributed by atoms with Crippen LogP contribution in [0, 0.1) is 5.92 Å². The SMILES string of the molecule is CCOC(=O)N1CCC(NC(=NC)NCCCOCC2CCOC2)CC1. The Morgan fingerprint density at radius 1 is 1.31 bits per heavy atom. The third kappa shape index (κ3) is 7.37. The van der Waals surface area contributed by atoms with Gasteiger partial charge in [0, 0.05) is 51.9 Å². The van der Waals surface area contributed by atoms with Gasteiger partial charge < -0.3 is 29.7 Å². The van der Waals surface area contributed by atoms with Gasteiger partial charge in [-0.3, -0.25) is 4.99 Å². The Morgan fingerprint density at radius 2 is 2.12 bits per heavy atom. The Balaban J connectivity index is 1.53. The maximum atomic E-state index is 11.7. The fourth-order valence-electron chi connectivity index (χ4n) is 3.15. The number of hydrogen-bond donors (Lipinski definition) is 2. The van der Waals surface area contributed by atoms with Gasteiger partial charge in [-0.15, -0.1) is 0 Å². The minimum absolute atomic E-state index is 0.211. The molecule has 0 saturated carbocycles. The molecule has 0 aromatic heterocycles. The number of carbonyl (C=O) groups excluding carboxylic acids is 1. The summed E-state index contributed by atoms with van der Waals surface area (Å²) in [6.45, 7) is 7.76. The Morgan fingerprint density at radius 3 is 2.77 bits per heavy atom. The first-order chi connectivity index (χ1) is 12.7. The van der Waals surface area contributed by atoms with Crippen molar-refractivity contribution in [2.45, 2.75) is 38.6 Å². The average Bonchev–Trinajstić information content (AvgIpc) is 3.17. The molecule has 2 rings (SSSR count). The second-order valence-corrected chi connectivity index (χ2v) is 6.76. The molecule has 2 saturated heterocycles. The van der Waals surface area contributed by atoms with Gasteiger partial charge in [0.1, 0.15) is 0 Å². The van der Waals surface area contributed by atoms with Gasteiger partial charge in [-0.05, 0) is 32.6 Å². The quantitative estimate of drug-likeness (QED) is 0.380. The van der Waals surface area contributed by atoms with E-state index in [4.69, 9.17) is 14.2 Å². The van der Waals surface area contributed by atoms with Crippen molar-refractivity contribution in [2.24, 2.45) is 10.9 Å². The van der Waals surface area contributed by atoms with Gasteiger partial charge in [-0.25, -0.2) is 4.79 Å². The number of piperidine rings is 1. The maximum absolute atomic E-state index is 11.7. The molecule has 2 heterocycles. The van der Waals surface area contributed by atoms with Crippen LogP contribution < -0.4 is 10.6 Å². The van der Waals surface area contributed by atoms with Gasteiger partial charge in [0.2, 0.25) is 0 Å². The van der Waals surface area contributed by atoms with E-state index in [9.17, 15) is 4.79 Å². The van der Waals surface area contributed by atoms with Crippen molar-refractivity contribution in [3.8, 4) is 0 Å². The normalized spacial score (nSPS) is 21.7. The van der Waals surface area contributed by atoms with Crippen LogP contribution in [0.5, 0.6) is 0 Å². The molecule has 0 radical (unpaired) electrons. The van der Waals surface area contributed by atoms with E-state index in [1.54, 1.807) is 11.9 Å². The lowest BCUT2D eigenvalue weighted by Gasteiger charge is -2.32. The highest BCUT2D eigenvalue weighted by atomic mass is 16.6. The summed E-state index contributed by atoms with van der Waals surface area (Å²) in [7, 11) is 1.78. The Bertz CT molecular complexity index is 433. The van der Waals surface area contributed by atoms with Gasteiger partial charge in [-0.2, -0.15) is 0 Å². The summed E-state index contributed by atoms with van der Waals surface area (Å²) >= 11 is 0. The van der Waals surface area contributed by atoms with E-state index >= 15 is 0 Å². The molecule has 1 atom stereocenters. The number of guanidine groups is 1. The molecule has 26 heavy (non-hydrogen) atoms. The van der Waals surface area contributed by atoms with E-state index in [-0.39, 0.29) is 6.09 Å². The van der Waals surface area contributed by atoms with Gasteiger partial charge in [0.05, 0.1) is 19.8 Å². The van der Waals surface area contributed by atoms with E-state index in [0.717, 1.165) is 64.6 Å². The minimum Gasteiger partial charge on any atom is -0.450 e. The fourth-order valence-corrected chi connectivity index (χ4v) is 3.15. The highest BCUT2D eigenvalue weighted by Crippen LogP contribution is 2.12. The van der Waals surface area contributed by atoms with Gasteiger partial charge >= 0.3 is 6.09 Å². The zero-order chi connectivity index (χ0) is 18.6. The van der Waals surface area contributed by atoms with Crippen LogP contribution in [0.3, 0.4) is 0 Å². The number of amides is 1. The molecule has 2 aliphatic rings. The topological polar surface area (TPSA) is 84.4 Å². The lowest BCUT2D eigenvalue weighted by atomic mass is 10.1. The van der Waals surface area contributed by atoms with E-state index < -0.39 is 0 Å². The lowest BCUT2D eigenvalue weighted by molar-refractivity contribution is 0.0888. The molecule has 2 N–H and O–H groups in total. The number of nitrogens with zero attached hydrogens (tertiary/aromatic N) is 2. The molecule has 2 fully saturated rings. The number of aliphatic imine (C=N–C) groups is 1. The van der Waals surface area contributed by atoms with Crippen molar-refractivity contribution >= 4 is 12.1 Å². The monoisotopic (exact) mass is 370 g/mol. The molecule has 0 spiro atoms. The summed E-state index contributed by atoms with van der Waals surface area (Å²) in [6.07, 6.45) is 3.63. The number of likely N-dealkylation sites (tertiary alicyclic amines) is 1. The largest absolute Gasteiger partial charge is 0.450 e. The zero-order valence-corrected chi connectivity index (χ0v) is 16.2. The number of hydrogen-bond acceptors (Lipinski definition) is 5. The minimum atomic E-state index is -0.211. The maximum Gasteiger partial charge on any atom is 0.409 e. The molecule has 0 bridgehead atoms. The van der Waals surface area contributed by atoms with Crippen molar-refractivity contribution in [1.82, 2.24) is 15.5 Å². The summed E-state index contributed by atoms with van der Waals surface area (Å²) in [5, 5.41) is 6.76. The van der Waals surface area contributed by atoms with Crippen molar-refractivity contribution < 1.29 is 19.0 Å². The highest BCUT2D eigenvalue weighted by molar-refractivity contribution is 5.80. The molecule has 0 aromatic carbocycles. The standard InChI is InChI=1S/C18H34N4O4/c1-3-26-18(23)22-9-5-16(6-10-22)21-17(19-2)20-8-4-11-24-13-15-7-12-25-14-15/h15-16H,3-14H2,1-2H3,(H2,19,20,21). The van der Waals surface area contributed by atoms with E-state index in [2.05, 4.69) is 15.6 Å². The number of rotatable bonds is 8. The molecular formula is C18H34N4O4. The van der Waals surface area contributed by atoms with Crippen LogP contribution in [-0.4, -0.2) is 82.7 Å². The van der Waals surface area contributed by atoms with Crippen LogP contribution in [-0.2, 0) is 14.2 Å². The Kier molecular flexibility index (Phi) is 9.55. The summed E-state index contributed by atoms with van der Waals surface area (Å²) in [4.78, 5) is 17.8. The van der Waals surface area contributed by atoms with Crippen LogP contribution in [0.25, 0.3) is 0 Å². The van der Waals surface area contributed by atoms with Crippen molar-refractivity contribution in [3.05, 3.63) is 0 Å². The predicted molar refractivity (Wildman–Crippen MR) is 100 cm³/mol. The first-order valence-corrected chi connectivity index (χ1v) is 9.77. The lowest BCUT2D eigenvalue weighted by Crippen LogP contribution is -2.50. The van der Waals surface area contributed by atoms with E-state index in [0.29, 0.717) is 31.7 Å². The average molecular weight is 370 g/mol. The van der Waals surface area contributed by atoms with Crippen LogP contribution in [0.15, 0.2) is 4.99 Å². The molecule has 8 heteroatoms. The summed E-state index contributed by atoms with van der Waals surface area (Å²) in [5.41, 5.74) is 0.